The molecule has 0 spiro atoms. The first kappa shape index (κ1) is 26.1. The fraction of sp³-hybridized carbons (Fsp3) is 0.950. The molecule has 176 valence electrons. The van der Waals surface area contributed by atoms with Crippen LogP contribution in [0.25, 0.3) is 0 Å². The first-order valence-electron chi connectivity index (χ1n) is 11.4. The Morgan fingerprint density at radius 3 is 2.40 bits per heavy atom. The van der Waals surface area contributed by atoms with Crippen molar-refractivity contribution in [2.75, 3.05) is 45.6 Å². The largest absolute Gasteiger partial charge is 0.377 e. The molecule has 1 saturated carbocycles. The van der Waals surface area contributed by atoms with Gasteiger partial charge >= 0.3 is 0 Å². The second-order valence-corrected chi connectivity index (χ2v) is 10.5. The van der Waals surface area contributed by atoms with Gasteiger partial charge in [0.05, 0.1) is 11.9 Å². The molecular weight excluding hydrogens is 517 g/mol. The molecule has 2 saturated heterocycles. The van der Waals surface area contributed by atoms with Crippen LogP contribution in [-0.4, -0.2) is 83.1 Å². The van der Waals surface area contributed by atoms with Gasteiger partial charge < -0.3 is 20.3 Å². The number of ether oxygens (including phenoxy) is 1. The Morgan fingerprint density at radius 1 is 1.07 bits per heavy atom. The molecule has 0 aromatic rings. The third-order valence-corrected chi connectivity index (χ3v) is 7.75. The monoisotopic (exact) mass is 557 g/mol. The maximum Gasteiger partial charge on any atom is 0.213 e. The lowest BCUT2D eigenvalue weighted by Crippen LogP contribution is -2.51. The summed E-state index contributed by atoms with van der Waals surface area (Å²) in [6.45, 7) is 3.72. The number of piperidine rings is 1. The third-order valence-electron chi connectivity index (χ3n) is 6.40. The van der Waals surface area contributed by atoms with E-state index in [0.717, 1.165) is 57.8 Å². The second-order valence-electron chi connectivity index (χ2n) is 8.55. The van der Waals surface area contributed by atoms with E-state index in [1.165, 1.54) is 25.7 Å². The van der Waals surface area contributed by atoms with Crippen LogP contribution in [0.2, 0.25) is 0 Å². The maximum atomic E-state index is 12.2. The van der Waals surface area contributed by atoms with Crippen molar-refractivity contribution in [2.24, 2.45) is 4.99 Å². The molecule has 2 aliphatic heterocycles. The minimum atomic E-state index is -3.32. The summed E-state index contributed by atoms with van der Waals surface area (Å²) in [5, 5.41) is 6.62. The van der Waals surface area contributed by atoms with Gasteiger partial charge in [0, 0.05) is 51.9 Å². The minimum absolute atomic E-state index is 0. The Kier molecular flexibility index (Phi) is 11.6. The highest BCUT2D eigenvalue weighted by Gasteiger charge is 2.27. The van der Waals surface area contributed by atoms with Crippen molar-refractivity contribution in [1.82, 2.24) is 20.3 Å². The lowest BCUT2D eigenvalue weighted by molar-refractivity contribution is 0.0200. The quantitative estimate of drug-likeness (QED) is 0.239. The summed E-state index contributed by atoms with van der Waals surface area (Å²) in [6, 6.07) is 1.20. The van der Waals surface area contributed by atoms with E-state index in [-0.39, 0.29) is 35.8 Å². The molecule has 3 fully saturated rings. The van der Waals surface area contributed by atoms with Crippen LogP contribution < -0.4 is 15.4 Å². The third kappa shape index (κ3) is 8.76. The molecule has 0 aromatic heterocycles. The highest BCUT2D eigenvalue weighted by molar-refractivity contribution is 14.0. The van der Waals surface area contributed by atoms with E-state index in [1.54, 1.807) is 7.05 Å². The van der Waals surface area contributed by atoms with Gasteiger partial charge in [-0.15, -0.1) is 24.0 Å². The standard InChI is InChI=1S/C20H39N5O3S.HI/c1-21-20(24-17-9-12-25(13-10-17)18-6-2-3-7-18)22-11-15-29(26,27)23-16-19-8-4-5-14-28-19;/h17-19,23H,2-16H2,1H3,(H2,21,22,24);1H. The van der Waals surface area contributed by atoms with Gasteiger partial charge in [0.2, 0.25) is 10.0 Å². The molecule has 0 aromatic carbocycles. The molecule has 1 atom stereocenters. The van der Waals surface area contributed by atoms with Crippen LogP contribution in [-0.2, 0) is 14.8 Å². The number of aliphatic imine (C=N–C) groups is 1. The topological polar surface area (TPSA) is 95.1 Å². The molecule has 30 heavy (non-hydrogen) atoms. The number of halogens is 1. The number of guanidine groups is 1. The molecule has 10 heteroatoms. The second kappa shape index (κ2) is 13.4. The molecule has 1 unspecified atom stereocenters. The number of nitrogens with one attached hydrogen (secondary N) is 3. The van der Waals surface area contributed by atoms with Gasteiger partial charge in [-0.05, 0) is 44.9 Å². The van der Waals surface area contributed by atoms with Gasteiger partial charge in [0.1, 0.15) is 0 Å². The van der Waals surface area contributed by atoms with Crippen LogP contribution in [0.5, 0.6) is 0 Å². The number of rotatable bonds is 8. The predicted molar refractivity (Wildman–Crippen MR) is 132 cm³/mol. The predicted octanol–water partition coefficient (Wildman–Crippen LogP) is 1.66. The Balaban J connectivity index is 0.00000320. The van der Waals surface area contributed by atoms with Crippen molar-refractivity contribution in [3.8, 4) is 0 Å². The van der Waals surface area contributed by atoms with E-state index in [4.69, 9.17) is 4.74 Å². The molecule has 3 aliphatic rings. The minimum Gasteiger partial charge on any atom is -0.377 e. The lowest BCUT2D eigenvalue weighted by Gasteiger charge is -2.36. The number of hydrogen-bond donors (Lipinski definition) is 3. The molecular formula is C20H40IN5O3S. The van der Waals surface area contributed by atoms with Crippen LogP contribution in [0.3, 0.4) is 0 Å². The molecule has 0 bridgehead atoms. The fourth-order valence-electron chi connectivity index (χ4n) is 4.63. The maximum absolute atomic E-state index is 12.2. The van der Waals surface area contributed by atoms with E-state index in [1.807, 2.05) is 0 Å². The summed E-state index contributed by atoms with van der Waals surface area (Å²) in [4.78, 5) is 6.91. The molecule has 3 rings (SSSR count). The van der Waals surface area contributed by atoms with E-state index in [9.17, 15) is 8.42 Å². The SMILES string of the molecule is CN=C(NCCS(=O)(=O)NCC1CCCCO1)NC1CCN(C2CCCC2)CC1.I. The normalized spacial score (nSPS) is 25.1. The van der Waals surface area contributed by atoms with Crippen LogP contribution >= 0.6 is 24.0 Å². The molecule has 3 N–H and O–H groups in total. The average molecular weight is 558 g/mol. The Hall–Kier alpha value is -0.170. The summed E-state index contributed by atoms with van der Waals surface area (Å²) >= 11 is 0. The van der Waals surface area contributed by atoms with Gasteiger partial charge in [-0.3, -0.25) is 4.99 Å². The lowest BCUT2D eigenvalue weighted by atomic mass is 10.0. The van der Waals surface area contributed by atoms with Gasteiger partial charge in [-0.1, -0.05) is 12.8 Å². The Morgan fingerprint density at radius 2 is 1.77 bits per heavy atom. The van der Waals surface area contributed by atoms with Crippen LogP contribution in [0.4, 0.5) is 0 Å². The highest BCUT2D eigenvalue weighted by atomic mass is 127. The van der Waals surface area contributed by atoms with Crippen molar-refractivity contribution in [2.45, 2.75) is 76.0 Å². The smallest absolute Gasteiger partial charge is 0.213 e. The van der Waals surface area contributed by atoms with E-state index >= 15 is 0 Å². The molecule has 1 aliphatic carbocycles. The van der Waals surface area contributed by atoms with Crippen molar-refractivity contribution in [3.05, 3.63) is 0 Å². The zero-order chi connectivity index (χ0) is 20.5. The summed E-state index contributed by atoms with van der Waals surface area (Å²) < 4.78 is 32.7. The van der Waals surface area contributed by atoms with E-state index < -0.39 is 10.0 Å². The molecule has 8 nitrogen and oxygen atoms in total. The van der Waals surface area contributed by atoms with Gasteiger partial charge in [-0.2, -0.15) is 0 Å². The zero-order valence-corrected chi connectivity index (χ0v) is 21.4. The summed E-state index contributed by atoms with van der Waals surface area (Å²) in [7, 11) is -1.58. The summed E-state index contributed by atoms with van der Waals surface area (Å²) in [5.41, 5.74) is 0. The number of sulfonamides is 1. The van der Waals surface area contributed by atoms with Crippen molar-refractivity contribution < 1.29 is 13.2 Å². The summed E-state index contributed by atoms with van der Waals surface area (Å²) in [5.74, 6) is 0.718. The van der Waals surface area contributed by atoms with E-state index in [0.29, 0.717) is 25.1 Å². The summed E-state index contributed by atoms with van der Waals surface area (Å²) in [6.07, 6.45) is 10.8. The molecule has 2 heterocycles. The highest BCUT2D eigenvalue weighted by Crippen LogP contribution is 2.26. The number of likely N-dealkylation sites (tertiary alicyclic amines) is 1. The van der Waals surface area contributed by atoms with Crippen LogP contribution in [0, 0.1) is 0 Å². The Labute approximate surface area is 199 Å². The first-order valence-corrected chi connectivity index (χ1v) is 13.0. The number of hydrogen-bond acceptors (Lipinski definition) is 5. The molecule has 0 amide bonds. The average Bonchev–Trinajstić information content (AvgIpc) is 3.28. The van der Waals surface area contributed by atoms with Gasteiger partial charge in [0.25, 0.3) is 0 Å². The number of nitrogens with zero attached hydrogens (tertiary/aromatic N) is 2. The fourth-order valence-corrected chi connectivity index (χ4v) is 5.59. The zero-order valence-electron chi connectivity index (χ0n) is 18.3. The Bertz CT molecular complexity index is 614. The van der Waals surface area contributed by atoms with E-state index in [2.05, 4.69) is 25.2 Å². The van der Waals surface area contributed by atoms with Crippen molar-refractivity contribution >= 4 is 40.0 Å². The molecule has 0 radical (unpaired) electrons. The van der Waals surface area contributed by atoms with Crippen molar-refractivity contribution in [1.29, 1.82) is 0 Å². The van der Waals surface area contributed by atoms with Gasteiger partial charge in [0.15, 0.2) is 5.96 Å². The van der Waals surface area contributed by atoms with Gasteiger partial charge in [-0.25, -0.2) is 13.1 Å². The van der Waals surface area contributed by atoms with Crippen LogP contribution in [0.1, 0.15) is 57.8 Å². The van der Waals surface area contributed by atoms with Crippen LogP contribution in [0.15, 0.2) is 4.99 Å². The first-order chi connectivity index (χ1) is 14.1. The van der Waals surface area contributed by atoms with Crippen molar-refractivity contribution in [3.63, 3.8) is 0 Å².